The zero-order chi connectivity index (χ0) is 20.8. The lowest BCUT2D eigenvalue weighted by molar-refractivity contribution is -0.121. The van der Waals surface area contributed by atoms with E-state index in [0.717, 1.165) is 11.3 Å². The van der Waals surface area contributed by atoms with Crippen LogP contribution < -0.4 is 4.90 Å². The van der Waals surface area contributed by atoms with Crippen LogP contribution in [0.1, 0.15) is 17.5 Å². The molecule has 0 unspecified atom stereocenters. The van der Waals surface area contributed by atoms with Crippen molar-refractivity contribution in [2.45, 2.75) is 6.42 Å². The molecule has 0 radical (unpaired) electrons. The standard InChI is InChI=1S/C23H21FN4O/c1-27(14-4-13-25)20-10-7-18(8-11-20)16-21-23(29)28(2)22(26-21)12-9-17-5-3-6-19(24)15-17/h3,5-12,15-16H,4,14H2,1-2H3/b12-9+,21-16-. The number of amidine groups is 1. The number of benzene rings is 2. The Kier molecular flexibility index (Phi) is 6.20. The van der Waals surface area contributed by atoms with E-state index in [1.807, 2.05) is 36.2 Å². The molecule has 0 bridgehead atoms. The van der Waals surface area contributed by atoms with E-state index in [1.54, 1.807) is 37.4 Å². The van der Waals surface area contributed by atoms with Gasteiger partial charge in [-0.2, -0.15) is 5.26 Å². The Hall–Kier alpha value is -3.72. The fourth-order valence-electron chi connectivity index (χ4n) is 2.88. The zero-order valence-corrected chi connectivity index (χ0v) is 16.3. The largest absolute Gasteiger partial charge is 0.374 e. The van der Waals surface area contributed by atoms with E-state index in [0.29, 0.717) is 30.1 Å². The maximum Gasteiger partial charge on any atom is 0.277 e. The number of halogens is 1. The second kappa shape index (κ2) is 8.98. The normalized spacial score (nSPS) is 15.1. The van der Waals surface area contributed by atoms with Gasteiger partial charge >= 0.3 is 0 Å². The molecular weight excluding hydrogens is 367 g/mol. The van der Waals surface area contributed by atoms with Crippen molar-refractivity contribution in [3.05, 3.63) is 77.2 Å². The highest BCUT2D eigenvalue weighted by Gasteiger charge is 2.25. The van der Waals surface area contributed by atoms with Gasteiger partial charge in [0, 0.05) is 26.3 Å². The maximum absolute atomic E-state index is 13.3. The predicted octanol–water partition coefficient (Wildman–Crippen LogP) is 4.10. The first kappa shape index (κ1) is 20.0. The summed E-state index contributed by atoms with van der Waals surface area (Å²) in [7, 11) is 3.59. The van der Waals surface area contributed by atoms with E-state index in [2.05, 4.69) is 11.1 Å². The number of likely N-dealkylation sites (N-methyl/N-ethyl adjacent to an activating group) is 1. The van der Waals surface area contributed by atoms with Crippen LogP contribution in [0.15, 0.2) is 65.3 Å². The number of carbonyl (C=O) groups excluding carboxylic acids is 1. The molecule has 0 fully saturated rings. The van der Waals surface area contributed by atoms with Crippen LogP contribution in [0.4, 0.5) is 10.1 Å². The second-order valence-corrected chi connectivity index (χ2v) is 6.67. The summed E-state index contributed by atoms with van der Waals surface area (Å²) in [4.78, 5) is 20.4. The average Bonchev–Trinajstić information content (AvgIpc) is 2.99. The van der Waals surface area contributed by atoms with Gasteiger partial charge in [0.25, 0.3) is 5.91 Å². The van der Waals surface area contributed by atoms with Crippen LogP contribution in [0.3, 0.4) is 0 Å². The van der Waals surface area contributed by atoms with Crippen molar-refractivity contribution in [2.24, 2.45) is 4.99 Å². The van der Waals surface area contributed by atoms with Crippen molar-refractivity contribution < 1.29 is 9.18 Å². The molecule has 1 aliphatic heterocycles. The number of aliphatic imine (C=N–C) groups is 1. The van der Waals surface area contributed by atoms with Gasteiger partial charge in [0.15, 0.2) is 0 Å². The van der Waals surface area contributed by atoms with Gasteiger partial charge in [-0.15, -0.1) is 0 Å². The van der Waals surface area contributed by atoms with Gasteiger partial charge in [-0.05, 0) is 47.5 Å². The van der Waals surface area contributed by atoms with Gasteiger partial charge in [0.05, 0.1) is 12.5 Å². The Labute approximate surface area is 169 Å². The van der Waals surface area contributed by atoms with E-state index >= 15 is 0 Å². The van der Waals surface area contributed by atoms with Crippen LogP contribution in [0.5, 0.6) is 0 Å². The third kappa shape index (κ3) is 4.96. The maximum atomic E-state index is 13.3. The van der Waals surface area contributed by atoms with Crippen molar-refractivity contribution in [3.63, 3.8) is 0 Å². The Morgan fingerprint density at radius 2 is 1.93 bits per heavy atom. The van der Waals surface area contributed by atoms with Gasteiger partial charge in [-0.25, -0.2) is 9.38 Å². The molecule has 1 heterocycles. The molecule has 0 aromatic heterocycles. The Morgan fingerprint density at radius 1 is 1.17 bits per heavy atom. The monoisotopic (exact) mass is 388 g/mol. The molecule has 0 saturated carbocycles. The molecular formula is C23H21FN4O. The van der Waals surface area contributed by atoms with Gasteiger partial charge in [0.1, 0.15) is 17.3 Å². The molecule has 5 nitrogen and oxygen atoms in total. The quantitative estimate of drug-likeness (QED) is 0.700. The molecule has 3 rings (SSSR count). The van der Waals surface area contributed by atoms with E-state index < -0.39 is 0 Å². The van der Waals surface area contributed by atoms with Gasteiger partial charge in [0.2, 0.25) is 0 Å². The van der Waals surface area contributed by atoms with Crippen LogP contribution in [-0.2, 0) is 4.79 Å². The molecule has 0 aliphatic carbocycles. The molecule has 2 aromatic carbocycles. The van der Waals surface area contributed by atoms with Crippen LogP contribution >= 0.6 is 0 Å². The van der Waals surface area contributed by atoms with Gasteiger partial charge < -0.3 is 4.90 Å². The highest BCUT2D eigenvalue weighted by molar-refractivity contribution is 6.18. The van der Waals surface area contributed by atoms with Crippen molar-refractivity contribution in [1.29, 1.82) is 5.26 Å². The smallest absolute Gasteiger partial charge is 0.277 e. The lowest BCUT2D eigenvalue weighted by Crippen LogP contribution is -2.26. The van der Waals surface area contributed by atoms with Crippen LogP contribution in [-0.4, -0.2) is 37.3 Å². The number of hydrogen-bond donors (Lipinski definition) is 0. The van der Waals surface area contributed by atoms with Crippen molar-refractivity contribution in [1.82, 2.24) is 4.90 Å². The second-order valence-electron chi connectivity index (χ2n) is 6.67. The molecule has 1 amide bonds. The summed E-state index contributed by atoms with van der Waals surface area (Å²) in [5.74, 6) is -0.00952. The summed E-state index contributed by atoms with van der Waals surface area (Å²) in [5.41, 5.74) is 2.90. The highest BCUT2D eigenvalue weighted by Crippen LogP contribution is 2.20. The van der Waals surface area contributed by atoms with Gasteiger partial charge in [-0.1, -0.05) is 30.3 Å². The molecule has 1 aliphatic rings. The molecule has 2 aromatic rings. The van der Waals surface area contributed by atoms with Crippen molar-refractivity contribution >= 4 is 29.6 Å². The summed E-state index contributed by atoms with van der Waals surface area (Å²) in [5, 5.41) is 8.69. The molecule has 146 valence electrons. The first-order valence-corrected chi connectivity index (χ1v) is 9.18. The number of amides is 1. The van der Waals surface area contributed by atoms with Crippen LogP contribution in [0.2, 0.25) is 0 Å². The number of anilines is 1. The van der Waals surface area contributed by atoms with Crippen molar-refractivity contribution in [2.75, 3.05) is 25.5 Å². The minimum atomic E-state index is -0.313. The number of rotatable bonds is 6. The summed E-state index contributed by atoms with van der Waals surface area (Å²) in [6.45, 7) is 0.658. The minimum absolute atomic E-state index is 0.195. The number of nitriles is 1. The first-order valence-electron chi connectivity index (χ1n) is 9.18. The predicted molar refractivity (Wildman–Crippen MR) is 114 cm³/mol. The zero-order valence-electron chi connectivity index (χ0n) is 16.3. The third-order valence-corrected chi connectivity index (χ3v) is 4.57. The highest BCUT2D eigenvalue weighted by atomic mass is 19.1. The number of carbonyl (C=O) groups is 1. The first-order chi connectivity index (χ1) is 14.0. The molecule has 6 heteroatoms. The summed E-state index contributed by atoms with van der Waals surface area (Å²) < 4.78 is 13.3. The SMILES string of the molecule is CN1C(=O)/C(=C/c2ccc(N(C)CCC#N)cc2)N=C1/C=C/c1cccc(F)c1. The van der Waals surface area contributed by atoms with Crippen molar-refractivity contribution in [3.8, 4) is 6.07 Å². The molecule has 0 spiro atoms. The fourth-order valence-corrected chi connectivity index (χ4v) is 2.88. The van der Waals surface area contributed by atoms with E-state index in [-0.39, 0.29) is 11.7 Å². The van der Waals surface area contributed by atoms with E-state index in [9.17, 15) is 9.18 Å². The summed E-state index contributed by atoms with van der Waals surface area (Å²) >= 11 is 0. The third-order valence-electron chi connectivity index (χ3n) is 4.57. The minimum Gasteiger partial charge on any atom is -0.374 e. The summed E-state index contributed by atoms with van der Waals surface area (Å²) in [6.07, 6.45) is 5.62. The number of nitrogens with zero attached hydrogens (tertiary/aromatic N) is 4. The Balaban J connectivity index is 1.77. The fraction of sp³-hybridized carbons (Fsp3) is 0.174. The topological polar surface area (TPSA) is 59.7 Å². The van der Waals surface area contributed by atoms with Crippen LogP contribution in [0.25, 0.3) is 12.2 Å². The number of hydrogen-bond acceptors (Lipinski definition) is 4. The lowest BCUT2D eigenvalue weighted by Gasteiger charge is -2.17. The van der Waals surface area contributed by atoms with E-state index in [1.165, 1.54) is 17.0 Å². The Morgan fingerprint density at radius 3 is 2.62 bits per heavy atom. The molecule has 0 saturated heterocycles. The van der Waals surface area contributed by atoms with E-state index in [4.69, 9.17) is 5.26 Å². The summed E-state index contributed by atoms with van der Waals surface area (Å²) in [6, 6.07) is 16.1. The molecule has 0 N–H and O–H groups in total. The lowest BCUT2D eigenvalue weighted by atomic mass is 10.1. The average molecular weight is 388 g/mol. The molecule has 29 heavy (non-hydrogen) atoms. The van der Waals surface area contributed by atoms with Crippen LogP contribution in [0, 0.1) is 17.1 Å². The van der Waals surface area contributed by atoms with Gasteiger partial charge in [-0.3, -0.25) is 9.69 Å². The molecule has 0 atom stereocenters. The Bertz CT molecular complexity index is 1030.